The first kappa shape index (κ1) is 19.4. The molecule has 152 valence electrons. The number of carbonyl (C=O) groups is 1. The van der Waals surface area contributed by atoms with Gasteiger partial charge in [-0.15, -0.1) is 5.10 Å². The quantitative estimate of drug-likeness (QED) is 0.714. The molecule has 1 amide bonds. The standard InChI is InChI=1S/C22H25FN4O2/c1-14-12-15(2)24-20-19(14)21(26-27(20)3)29-13-18(28)25-22(10-4-5-11-22)16-6-8-17(23)9-7-16/h6-9,12H,4-5,10-11,13H2,1-3H3,(H,25,28). The van der Waals surface area contributed by atoms with Gasteiger partial charge < -0.3 is 10.1 Å². The molecular formula is C22H25FN4O2. The molecule has 1 aliphatic carbocycles. The number of aryl methyl sites for hydroxylation is 3. The van der Waals surface area contributed by atoms with E-state index >= 15 is 0 Å². The average Bonchev–Trinajstić information content (AvgIpc) is 3.26. The Kier molecular flexibility index (Phi) is 4.98. The van der Waals surface area contributed by atoms with Crippen LogP contribution >= 0.6 is 0 Å². The Morgan fingerprint density at radius 1 is 1.24 bits per heavy atom. The smallest absolute Gasteiger partial charge is 0.258 e. The molecule has 0 saturated heterocycles. The van der Waals surface area contributed by atoms with Gasteiger partial charge in [-0.2, -0.15) is 0 Å². The summed E-state index contributed by atoms with van der Waals surface area (Å²) in [6, 6.07) is 8.36. The van der Waals surface area contributed by atoms with Crippen LogP contribution in [0.15, 0.2) is 30.3 Å². The summed E-state index contributed by atoms with van der Waals surface area (Å²) in [6.45, 7) is 3.78. The molecule has 0 unspecified atom stereocenters. The van der Waals surface area contributed by atoms with Crippen molar-refractivity contribution in [2.24, 2.45) is 7.05 Å². The van der Waals surface area contributed by atoms with Crippen molar-refractivity contribution in [1.82, 2.24) is 20.1 Å². The maximum Gasteiger partial charge on any atom is 0.258 e. The molecule has 1 N–H and O–H groups in total. The first-order chi connectivity index (χ1) is 13.9. The molecule has 1 aromatic carbocycles. The molecule has 0 radical (unpaired) electrons. The lowest BCUT2D eigenvalue weighted by Crippen LogP contribution is -2.45. The molecule has 7 heteroatoms. The van der Waals surface area contributed by atoms with Gasteiger partial charge in [0.2, 0.25) is 5.88 Å². The van der Waals surface area contributed by atoms with Gasteiger partial charge in [-0.05, 0) is 56.0 Å². The lowest BCUT2D eigenvalue weighted by atomic mass is 9.88. The summed E-state index contributed by atoms with van der Waals surface area (Å²) >= 11 is 0. The molecular weight excluding hydrogens is 371 g/mol. The van der Waals surface area contributed by atoms with Gasteiger partial charge in [0, 0.05) is 12.7 Å². The van der Waals surface area contributed by atoms with E-state index in [1.807, 2.05) is 27.0 Å². The molecule has 0 atom stereocenters. The van der Waals surface area contributed by atoms with Crippen molar-refractivity contribution in [3.05, 3.63) is 53.0 Å². The minimum atomic E-state index is -0.463. The van der Waals surface area contributed by atoms with Crippen molar-refractivity contribution < 1.29 is 13.9 Å². The normalized spacial score (nSPS) is 15.6. The van der Waals surface area contributed by atoms with Crippen LogP contribution in [0.2, 0.25) is 0 Å². The first-order valence-corrected chi connectivity index (χ1v) is 9.89. The Morgan fingerprint density at radius 2 is 1.93 bits per heavy atom. The number of amides is 1. The zero-order valence-corrected chi connectivity index (χ0v) is 17.0. The molecule has 0 bridgehead atoms. The summed E-state index contributed by atoms with van der Waals surface area (Å²) in [4.78, 5) is 17.3. The second-order valence-corrected chi connectivity index (χ2v) is 7.84. The number of hydrogen-bond donors (Lipinski definition) is 1. The SMILES string of the molecule is Cc1cc(C)c2c(OCC(=O)NC3(c4ccc(F)cc4)CCCC3)nn(C)c2n1. The fourth-order valence-electron chi connectivity index (χ4n) is 4.32. The van der Waals surface area contributed by atoms with E-state index in [0.29, 0.717) is 5.88 Å². The van der Waals surface area contributed by atoms with Crippen molar-refractivity contribution >= 4 is 16.9 Å². The van der Waals surface area contributed by atoms with Gasteiger partial charge in [-0.1, -0.05) is 25.0 Å². The minimum absolute atomic E-state index is 0.137. The van der Waals surface area contributed by atoms with Crippen molar-refractivity contribution in [3.8, 4) is 5.88 Å². The van der Waals surface area contributed by atoms with Crippen molar-refractivity contribution in [2.75, 3.05) is 6.61 Å². The fourth-order valence-corrected chi connectivity index (χ4v) is 4.32. The van der Waals surface area contributed by atoms with Gasteiger partial charge in [0.25, 0.3) is 5.91 Å². The van der Waals surface area contributed by atoms with E-state index in [-0.39, 0.29) is 18.3 Å². The highest BCUT2D eigenvalue weighted by Gasteiger charge is 2.37. The fraction of sp³-hybridized carbons (Fsp3) is 0.409. The number of pyridine rings is 1. The molecule has 6 nitrogen and oxygen atoms in total. The molecule has 29 heavy (non-hydrogen) atoms. The lowest BCUT2D eigenvalue weighted by molar-refractivity contribution is -0.125. The van der Waals surface area contributed by atoms with Crippen LogP contribution in [0.1, 0.15) is 42.5 Å². The Balaban J connectivity index is 1.51. The molecule has 1 fully saturated rings. The highest BCUT2D eigenvalue weighted by molar-refractivity contribution is 5.86. The monoisotopic (exact) mass is 396 g/mol. The number of nitrogens with one attached hydrogen (secondary N) is 1. The lowest BCUT2D eigenvalue weighted by Gasteiger charge is -2.31. The summed E-state index contributed by atoms with van der Waals surface area (Å²) in [7, 11) is 1.81. The van der Waals surface area contributed by atoms with E-state index in [0.717, 1.165) is 53.5 Å². The van der Waals surface area contributed by atoms with Crippen LogP contribution < -0.4 is 10.1 Å². The Labute approximate surface area is 169 Å². The second-order valence-electron chi connectivity index (χ2n) is 7.84. The highest BCUT2D eigenvalue weighted by Crippen LogP contribution is 2.38. The van der Waals surface area contributed by atoms with Gasteiger partial charge in [-0.25, -0.2) is 14.1 Å². The molecule has 1 aliphatic rings. The predicted molar refractivity (Wildman–Crippen MR) is 108 cm³/mol. The number of carbonyl (C=O) groups excluding carboxylic acids is 1. The van der Waals surface area contributed by atoms with Crippen LogP contribution in [0.3, 0.4) is 0 Å². The second kappa shape index (κ2) is 7.46. The summed E-state index contributed by atoms with van der Waals surface area (Å²) in [6.07, 6.45) is 3.71. The third-order valence-corrected chi connectivity index (χ3v) is 5.66. The van der Waals surface area contributed by atoms with E-state index in [4.69, 9.17) is 4.74 Å². The summed E-state index contributed by atoms with van der Waals surface area (Å²) in [5.74, 6) is -0.0875. The van der Waals surface area contributed by atoms with Crippen LogP contribution in [0.25, 0.3) is 11.0 Å². The molecule has 0 spiro atoms. The third-order valence-electron chi connectivity index (χ3n) is 5.66. The molecule has 2 aromatic heterocycles. The number of rotatable bonds is 5. The summed E-state index contributed by atoms with van der Waals surface area (Å²) in [5, 5.41) is 8.35. The van der Waals surface area contributed by atoms with Crippen molar-refractivity contribution in [2.45, 2.75) is 45.1 Å². The molecule has 3 aromatic rings. The van der Waals surface area contributed by atoms with Gasteiger partial charge in [0.15, 0.2) is 12.3 Å². The Morgan fingerprint density at radius 3 is 2.62 bits per heavy atom. The Bertz CT molecular complexity index is 1050. The summed E-state index contributed by atoms with van der Waals surface area (Å²) in [5.41, 5.74) is 3.12. The molecule has 4 rings (SSSR count). The summed E-state index contributed by atoms with van der Waals surface area (Å²) < 4.78 is 20.8. The molecule has 2 heterocycles. The van der Waals surface area contributed by atoms with Crippen LogP contribution in [-0.2, 0) is 17.4 Å². The largest absolute Gasteiger partial charge is 0.466 e. The van der Waals surface area contributed by atoms with Crippen molar-refractivity contribution in [3.63, 3.8) is 0 Å². The van der Waals surface area contributed by atoms with E-state index in [1.54, 1.807) is 16.8 Å². The van der Waals surface area contributed by atoms with Gasteiger partial charge in [0.05, 0.1) is 10.9 Å². The first-order valence-electron chi connectivity index (χ1n) is 9.89. The zero-order valence-electron chi connectivity index (χ0n) is 17.0. The number of benzene rings is 1. The van der Waals surface area contributed by atoms with Gasteiger partial charge >= 0.3 is 0 Å². The third kappa shape index (κ3) is 3.69. The molecule has 0 aliphatic heterocycles. The van der Waals surface area contributed by atoms with Gasteiger partial charge in [0.1, 0.15) is 5.82 Å². The van der Waals surface area contributed by atoms with Gasteiger partial charge in [-0.3, -0.25) is 4.79 Å². The number of hydrogen-bond acceptors (Lipinski definition) is 4. The highest BCUT2D eigenvalue weighted by atomic mass is 19.1. The maximum absolute atomic E-state index is 13.3. The minimum Gasteiger partial charge on any atom is -0.466 e. The zero-order chi connectivity index (χ0) is 20.6. The molecule has 1 saturated carbocycles. The van der Waals surface area contributed by atoms with Crippen molar-refractivity contribution in [1.29, 1.82) is 0 Å². The van der Waals surface area contributed by atoms with Crippen LogP contribution in [0, 0.1) is 19.7 Å². The number of nitrogens with zero attached hydrogens (tertiary/aromatic N) is 3. The van der Waals surface area contributed by atoms with E-state index in [1.165, 1.54) is 12.1 Å². The van der Waals surface area contributed by atoms with Crippen LogP contribution in [-0.4, -0.2) is 27.3 Å². The number of halogens is 1. The number of fused-ring (bicyclic) bond motifs is 1. The maximum atomic E-state index is 13.3. The van der Waals surface area contributed by atoms with Crippen LogP contribution in [0.4, 0.5) is 4.39 Å². The topological polar surface area (TPSA) is 69.0 Å². The number of aromatic nitrogens is 3. The van der Waals surface area contributed by atoms with E-state index < -0.39 is 5.54 Å². The van der Waals surface area contributed by atoms with E-state index in [2.05, 4.69) is 15.4 Å². The number of ether oxygens (including phenoxy) is 1. The van der Waals surface area contributed by atoms with E-state index in [9.17, 15) is 9.18 Å². The predicted octanol–water partition coefficient (Wildman–Crippen LogP) is 3.69. The Hall–Kier alpha value is -2.96. The van der Waals surface area contributed by atoms with Crippen LogP contribution in [0.5, 0.6) is 5.88 Å². The average molecular weight is 396 g/mol.